The quantitative estimate of drug-likeness (QED) is 0.608. The number of alkyl carbamates (subject to hydrolysis) is 1. The van der Waals surface area contributed by atoms with Crippen molar-refractivity contribution in [1.82, 2.24) is 10.3 Å². The van der Waals surface area contributed by atoms with Gasteiger partial charge in [-0.2, -0.15) is 0 Å². The van der Waals surface area contributed by atoms with E-state index in [0.29, 0.717) is 18.7 Å². The van der Waals surface area contributed by atoms with Gasteiger partial charge in [0.2, 0.25) is 0 Å². The van der Waals surface area contributed by atoms with Crippen molar-refractivity contribution in [3.63, 3.8) is 0 Å². The lowest BCUT2D eigenvalue weighted by atomic mass is 10.1. The van der Waals surface area contributed by atoms with Crippen LogP contribution in [0.2, 0.25) is 0 Å². The minimum atomic E-state index is -0.448. The molecule has 0 aliphatic rings. The van der Waals surface area contributed by atoms with Crippen molar-refractivity contribution < 1.29 is 19.1 Å². The van der Waals surface area contributed by atoms with Gasteiger partial charge in [-0.3, -0.25) is 0 Å². The molecule has 0 aliphatic heterocycles. The number of benzene rings is 1. The maximum Gasteiger partial charge on any atom is 0.407 e. The van der Waals surface area contributed by atoms with Crippen LogP contribution in [0.15, 0.2) is 48.7 Å². The van der Waals surface area contributed by atoms with E-state index < -0.39 is 12.1 Å². The molecule has 0 aliphatic carbocycles. The third-order valence-corrected chi connectivity index (χ3v) is 3.58. The highest BCUT2D eigenvalue weighted by molar-refractivity contribution is 5.88. The van der Waals surface area contributed by atoms with Crippen molar-refractivity contribution in [3.8, 4) is 0 Å². The number of aromatic nitrogens is 1. The summed E-state index contributed by atoms with van der Waals surface area (Å²) in [5.74, 6) is -0.448. The minimum Gasteiger partial charge on any atom is -0.464 e. The van der Waals surface area contributed by atoms with Crippen LogP contribution in [0.4, 0.5) is 4.79 Å². The van der Waals surface area contributed by atoms with Crippen LogP contribution >= 0.6 is 0 Å². The topological polar surface area (TPSA) is 77.5 Å². The smallest absolute Gasteiger partial charge is 0.407 e. The van der Waals surface area contributed by atoms with Gasteiger partial charge >= 0.3 is 12.1 Å². The van der Waals surface area contributed by atoms with Gasteiger partial charge in [0.1, 0.15) is 6.61 Å². The molecule has 0 saturated heterocycles. The number of pyridine rings is 1. The zero-order valence-electron chi connectivity index (χ0n) is 14.9. The number of amides is 1. The van der Waals surface area contributed by atoms with E-state index in [1.165, 1.54) is 7.11 Å². The molecule has 0 fully saturated rings. The summed E-state index contributed by atoms with van der Waals surface area (Å²) in [6.07, 6.45) is 5.63. The number of hydrogen-bond acceptors (Lipinski definition) is 5. The van der Waals surface area contributed by atoms with Crippen molar-refractivity contribution in [2.75, 3.05) is 13.7 Å². The van der Waals surface area contributed by atoms with E-state index >= 15 is 0 Å². The van der Waals surface area contributed by atoms with Gasteiger partial charge in [0.15, 0.2) is 5.69 Å². The second-order valence-corrected chi connectivity index (χ2v) is 5.61. The van der Waals surface area contributed by atoms with Crippen LogP contribution in [-0.4, -0.2) is 30.7 Å². The van der Waals surface area contributed by atoms with Gasteiger partial charge in [0.05, 0.1) is 7.11 Å². The van der Waals surface area contributed by atoms with E-state index in [1.807, 2.05) is 48.6 Å². The van der Waals surface area contributed by atoms with Crippen molar-refractivity contribution >= 4 is 18.1 Å². The zero-order valence-corrected chi connectivity index (χ0v) is 14.9. The van der Waals surface area contributed by atoms with E-state index in [0.717, 1.165) is 16.7 Å². The molecule has 1 amide bonds. The standard InChI is InChI=1S/C20H22N2O4/c1-15-12-17(13-22-18(15)19(23)25-2)10-6-7-11-21-20(24)26-14-16-8-4-3-5-9-16/h3-6,8-10,12-13H,7,11,14H2,1-2H3,(H,21,24). The number of hydrogen-bond donors (Lipinski definition) is 1. The number of rotatable bonds is 7. The number of carbonyl (C=O) groups is 2. The van der Waals surface area contributed by atoms with Crippen molar-refractivity contribution in [2.45, 2.75) is 20.0 Å². The molecule has 0 unspecified atom stereocenters. The molecule has 0 atom stereocenters. The summed E-state index contributed by atoms with van der Waals surface area (Å²) in [7, 11) is 1.33. The summed E-state index contributed by atoms with van der Waals surface area (Å²) in [6.45, 7) is 2.53. The molecule has 0 radical (unpaired) electrons. The Kier molecular flexibility index (Phi) is 7.36. The Morgan fingerprint density at radius 3 is 2.69 bits per heavy atom. The summed E-state index contributed by atoms with van der Waals surface area (Å²) >= 11 is 0. The van der Waals surface area contributed by atoms with E-state index in [1.54, 1.807) is 13.1 Å². The number of esters is 1. The summed E-state index contributed by atoms with van der Waals surface area (Å²) in [4.78, 5) is 27.2. The first-order valence-electron chi connectivity index (χ1n) is 8.26. The minimum absolute atomic E-state index is 0.250. The fourth-order valence-corrected chi connectivity index (χ4v) is 2.25. The molecule has 1 aromatic heterocycles. The van der Waals surface area contributed by atoms with Crippen LogP contribution in [0, 0.1) is 6.92 Å². The summed E-state index contributed by atoms with van der Waals surface area (Å²) in [6, 6.07) is 11.4. The summed E-state index contributed by atoms with van der Waals surface area (Å²) in [5, 5.41) is 2.69. The fraction of sp³-hybridized carbons (Fsp3) is 0.250. The third kappa shape index (κ3) is 6.05. The molecule has 0 saturated carbocycles. The Bertz CT molecular complexity index is 773. The van der Waals surface area contributed by atoms with Crippen LogP contribution in [0.5, 0.6) is 0 Å². The number of nitrogens with one attached hydrogen (secondary N) is 1. The molecule has 0 spiro atoms. The Balaban J connectivity index is 1.71. The van der Waals surface area contributed by atoms with E-state index in [4.69, 9.17) is 4.74 Å². The lowest BCUT2D eigenvalue weighted by Crippen LogP contribution is -2.24. The molecule has 1 heterocycles. The zero-order chi connectivity index (χ0) is 18.8. The summed E-state index contributed by atoms with van der Waals surface area (Å²) < 4.78 is 9.80. The lowest BCUT2D eigenvalue weighted by Gasteiger charge is -2.06. The van der Waals surface area contributed by atoms with Crippen molar-refractivity contribution in [1.29, 1.82) is 0 Å². The summed E-state index contributed by atoms with van der Waals surface area (Å²) in [5.41, 5.74) is 2.89. The first-order valence-corrected chi connectivity index (χ1v) is 8.26. The van der Waals surface area contributed by atoms with Crippen LogP contribution in [-0.2, 0) is 16.1 Å². The normalized spacial score (nSPS) is 10.5. The molecule has 2 rings (SSSR count). The Labute approximate surface area is 152 Å². The maximum atomic E-state index is 11.6. The highest BCUT2D eigenvalue weighted by Gasteiger charge is 2.10. The Morgan fingerprint density at radius 2 is 2.00 bits per heavy atom. The monoisotopic (exact) mass is 354 g/mol. The number of carbonyl (C=O) groups excluding carboxylic acids is 2. The molecule has 0 bridgehead atoms. The van der Waals surface area contributed by atoms with Crippen LogP contribution in [0.25, 0.3) is 6.08 Å². The average Bonchev–Trinajstić information content (AvgIpc) is 2.66. The molecule has 26 heavy (non-hydrogen) atoms. The molecule has 6 nitrogen and oxygen atoms in total. The average molecular weight is 354 g/mol. The second kappa shape index (κ2) is 9.98. The predicted octanol–water partition coefficient (Wildman–Crippen LogP) is 3.51. The molecular formula is C20H22N2O4. The first kappa shape index (κ1) is 19.2. The van der Waals surface area contributed by atoms with Crippen LogP contribution in [0.1, 0.15) is 33.6 Å². The van der Waals surface area contributed by atoms with Gasteiger partial charge in [0.25, 0.3) is 0 Å². The van der Waals surface area contributed by atoms with Gasteiger partial charge < -0.3 is 14.8 Å². The maximum absolute atomic E-state index is 11.6. The van der Waals surface area contributed by atoms with Gasteiger partial charge in [-0.25, -0.2) is 14.6 Å². The van der Waals surface area contributed by atoms with Crippen molar-refractivity contribution in [2.24, 2.45) is 0 Å². The van der Waals surface area contributed by atoms with Gasteiger partial charge in [-0.15, -0.1) is 0 Å². The lowest BCUT2D eigenvalue weighted by molar-refractivity contribution is 0.0593. The van der Waals surface area contributed by atoms with Gasteiger partial charge in [-0.05, 0) is 36.1 Å². The van der Waals surface area contributed by atoms with E-state index in [-0.39, 0.29) is 6.61 Å². The highest BCUT2D eigenvalue weighted by atomic mass is 16.5. The first-order chi connectivity index (χ1) is 12.6. The van der Waals surface area contributed by atoms with Crippen LogP contribution in [0.3, 0.4) is 0 Å². The third-order valence-electron chi connectivity index (χ3n) is 3.58. The number of nitrogens with zero attached hydrogens (tertiary/aromatic N) is 1. The number of methoxy groups -OCH3 is 1. The van der Waals surface area contributed by atoms with E-state index in [2.05, 4.69) is 15.0 Å². The molecule has 1 N–H and O–H groups in total. The van der Waals surface area contributed by atoms with E-state index in [9.17, 15) is 9.59 Å². The second-order valence-electron chi connectivity index (χ2n) is 5.61. The largest absolute Gasteiger partial charge is 0.464 e. The molecule has 6 heteroatoms. The van der Waals surface area contributed by atoms with Gasteiger partial charge in [-0.1, -0.05) is 42.5 Å². The number of aryl methyl sites for hydroxylation is 1. The molecule has 1 aromatic carbocycles. The molecular weight excluding hydrogens is 332 g/mol. The van der Waals surface area contributed by atoms with Crippen LogP contribution < -0.4 is 5.32 Å². The number of ether oxygens (including phenoxy) is 2. The highest BCUT2D eigenvalue weighted by Crippen LogP contribution is 2.10. The predicted molar refractivity (Wildman–Crippen MR) is 98.6 cm³/mol. The fourth-order valence-electron chi connectivity index (χ4n) is 2.25. The van der Waals surface area contributed by atoms with Gasteiger partial charge in [0, 0.05) is 12.7 Å². The molecule has 136 valence electrons. The Hall–Kier alpha value is -3.15. The molecule has 2 aromatic rings. The SMILES string of the molecule is COC(=O)c1ncc(C=CCCNC(=O)OCc2ccccc2)cc1C. The Morgan fingerprint density at radius 1 is 1.23 bits per heavy atom. The van der Waals surface area contributed by atoms with Crippen molar-refractivity contribution in [3.05, 3.63) is 71.1 Å².